The van der Waals surface area contributed by atoms with Gasteiger partial charge in [-0.15, -0.1) is 0 Å². The molecule has 0 bridgehead atoms. The van der Waals surface area contributed by atoms with E-state index in [1.165, 1.54) is 40.8 Å². The lowest BCUT2D eigenvalue weighted by Crippen LogP contribution is -2.35. The van der Waals surface area contributed by atoms with Crippen LogP contribution < -0.4 is 5.32 Å². The van der Waals surface area contributed by atoms with Gasteiger partial charge in [0.2, 0.25) is 11.7 Å². The predicted molar refractivity (Wildman–Crippen MR) is 183 cm³/mol. The van der Waals surface area contributed by atoms with Crippen molar-refractivity contribution in [2.24, 2.45) is 0 Å². The standard InChI is InChI=1S/C39H31FN4O5/c1-25-5-9-28(10-6-25)29-13-15-31(16-14-29)38-42-37(43-49-38)30-11-7-26(8-12-30)23-44(24-36(46)47)39(48)32-17-19-34(20-18-32)41-35(45)22-27-3-2-4-33(40)21-27/h2-21H,22-24H2,1H3,(H,41,45)(H,46,47). The van der Waals surface area contributed by atoms with Crippen LogP contribution in [0.5, 0.6) is 0 Å². The molecular weight excluding hydrogens is 623 g/mol. The van der Waals surface area contributed by atoms with Gasteiger partial charge in [0.15, 0.2) is 0 Å². The van der Waals surface area contributed by atoms with E-state index < -0.39 is 24.2 Å². The normalized spacial score (nSPS) is 10.8. The van der Waals surface area contributed by atoms with Gasteiger partial charge >= 0.3 is 5.97 Å². The summed E-state index contributed by atoms with van der Waals surface area (Å²) in [6, 6.07) is 35.2. The highest BCUT2D eigenvalue weighted by Gasteiger charge is 2.20. The average Bonchev–Trinajstić information content (AvgIpc) is 3.59. The van der Waals surface area contributed by atoms with E-state index in [1.54, 1.807) is 42.5 Å². The molecule has 6 aromatic rings. The van der Waals surface area contributed by atoms with Gasteiger partial charge in [0, 0.05) is 28.9 Å². The quantitative estimate of drug-likeness (QED) is 0.149. The fourth-order valence-electron chi connectivity index (χ4n) is 5.27. The molecule has 49 heavy (non-hydrogen) atoms. The van der Waals surface area contributed by atoms with Crippen molar-refractivity contribution >= 4 is 23.5 Å². The van der Waals surface area contributed by atoms with Crippen molar-refractivity contribution in [3.05, 3.63) is 149 Å². The van der Waals surface area contributed by atoms with Gasteiger partial charge in [0.05, 0.1) is 6.42 Å². The Kier molecular flexibility index (Phi) is 9.66. The third-order valence-electron chi connectivity index (χ3n) is 7.81. The Morgan fingerprint density at radius 3 is 2.06 bits per heavy atom. The van der Waals surface area contributed by atoms with Gasteiger partial charge < -0.3 is 19.8 Å². The van der Waals surface area contributed by atoms with Crippen molar-refractivity contribution in [2.75, 3.05) is 11.9 Å². The third-order valence-corrected chi connectivity index (χ3v) is 7.81. The topological polar surface area (TPSA) is 126 Å². The lowest BCUT2D eigenvalue weighted by molar-refractivity contribution is -0.137. The summed E-state index contributed by atoms with van der Waals surface area (Å²) in [6.07, 6.45) is -0.0136. The number of hydrogen-bond donors (Lipinski definition) is 2. The van der Waals surface area contributed by atoms with Crippen molar-refractivity contribution < 1.29 is 28.4 Å². The highest BCUT2D eigenvalue weighted by atomic mass is 19.1. The largest absolute Gasteiger partial charge is 0.480 e. The van der Waals surface area contributed by atoms with Crippen LogP contribution in [0.4, 0.5) is 10.1 Å². The molecule has 0 fully saturated rings. The number of aliphatic carboxylic acids is 1. The lowest BCUT2D eigenvalue weighted by Gasteiger charge is -2.21. The minimum absolute atomic E-state index is 0.0136. The molecule has 244 valence electrons. The second kappa shape index (κ2) is 14.6. The molecule has 0 aliphatic rings. The average molecular weight is 655 g/mol. The summed E-state index contributed by atoms with van der Waals surface area (Å²) in [6.45, 7) is 1.59. The molecule has 0 aliphatic heterocycles. The van der Waals surface area contributed by atoms with Gasteiger partial charge in [-0.05, 0) is 77.7 Å². The molecule has 1 aromatic heterocycles. The summed E-state index contributed by atoms with van der Waals surface area (Å²) in [5.41, 5.74) is 6.81. The molecule has 1 heterocycles. The van der Waals surface area contributed by atoms with Crippen LogP contribution in [0.1, 0.15) is 27.0 Å². The van der Waals surface area contributed by atoms with E-state index in [0.717, 1.165) is 16.7 Å². The van der Waals surface area contributed by atoms with Crippen molar-refractivity contribution in [3.63, 3.8) is 0 Å². The number of anilines is 1. The van der Waals surface area contributed by atoms with E-state index in [0.29, 0.717) is 34.1 Å². The number of benzene rings is 5. The van der Waals surface area contributed by atoms with Crippen LogP contribution in [0, 0.1) is 12.7 Å². The van der Waals surface area contributed by atoms with Crippen molar-refractivity contribution in [1.29, 1.82) is 0 Å². The Bertz CT molecular complexity index is 2090. The minimum Gasteiger partial charge on any atom is -0.480 e. The van der Waals surface area contributed by atoms with Crippen LogP contribution in [0.25, 0.3) is 34.0 Å². The fraction of sp³-hybridized carbons (Fsp3) is 0.103. The maximum atomic E-state index is 13.4. The Balaban J connectivity index is 1.09. The number of nitrogens with one attached hydrogen (secondary N) is 1. The summed E-state index contributed by atoms with van der Waals surface area (Å²) >= 11 is 0. The molecule has 2 N–H and O–H groups in total. The second-order valence-electron chi connectivity index (χ2n) is 11.6. The SMILES string of the molecule is Cc1ccc(-c2ccc(-c3nc(-c4ccc(CN(CC(=O)O)C(=O)c5ccc(NC(=O)Cc6cccc(F)c6)cc5)cc4)no3)cc2)cc1. The van der Waals surface area contributed by atoms with Gasteiger partial charge in [0.25, 0.3) is 11.8 Å². The fourth-order valence-corrected chi connectivity index (χ4v) is 5.27. The molecule has 9 nitrogen and oxygen atoms in total. The Morgan fingerprint density at radius 1 is 0.776 bits per heavy atom. The number of carbonyl (C=O) groups is 3. The van der Waals surface area contributed by atoms with Gasteiger partial charge in [0.1, 0.15) is 12.4 Å². The van der Waals surface area contributed by atoms with Crippen LogP contribution in [-0.4, -0.2) is 44.5 Å². The van der Waals surface area contributed by atoms with E-state index in [2.05, 4.69) is 46.6 Å². The number of carboxylic acid groups (broad SMARTS) is 1. The Labute approximate surface area is 281 Å². The minimum atomic E-state index is -1.16. The zero-order chi connectivity index (χ0) is 34.3. The van der Waals surface area contributed by atoms with Gasteiger partial charge in [-0.2, -0.15) is 4.98 Å². The van der Waals surface area contributed by atoms with Crippen molar-refractivity contribution in [2.45, 2.75) is 19.9 Å². The molecule has 6 rings (SSSR count). The first kappa shape index (κ1) is 32.5. The number of rotatable bonds is 11. The van der Waals surface area contributed by atoms with E-state index in [9.17, 15) is 23.9 Å². The Hall–Kier alpha value is -6.42. The highest BCUT2D eigenvalue weighted by molar-refractivity contribution is 5.97. The first-order valence-electron chi connectivity index (χ1n) is 15.5. The van der Waals surface area contributed by atoms with Gasteiger partial charge in [-0.25, -0.2) is 4.39 Å². The number of carboxylic acids is 1. The number of aromatic nitrogens is 2. The van der Waals surface area contributed by atoms with Crippen molar-refractivity contribution in [1.82, 2.24) is 15.0 Å². The monoisotopic (exact) mass is 654 g/mol. The number of aryl methyl sites for hydroxylation is 1. The van der Waals surface area contributed by atoms with Crippen LogP contribution in [0.2, 0.25) is 0 Å². The summed E-state index contributed by atoms with van der Waals surface area (Å²) in [7, 11) is 0. The number of nitrogens with zero attached hydrogens (tertiary/aromatic N) is 3. The molecule has 0 saturated heterocycles. The molecule has 0 saturated carbocycles. The van der Waals surface area contributed by atoms with Crippen LogP contribution in [0.3, 0.4) is 0 Å². The molecule has 0 radical (unpaired) electrons. The molecule has 0 spiro atoms. The molecule has 10 heteroatoms. The van der Waals surface area contributed by atoms with E-state index in [-0.39, 0.29) is 24.4 Å². The smallest absolute Gasteiger partial charge is 0.323 e. The van der Waals surface area contributed by atoms with E-state index in [1.807, 2.05) is 24.3 Å². The van der Waals surface area contributed by atoms with E-state index >= 15 is 0 Å². The third kappa shape index (κ3) is 8.30. The number of hydrogen-bond acceptors (Lipinski definition) is 6. The molecular formula is C39H31FN4O5. The summed E-state index contributed by atoms with van der Waals surface area (Å²) < 4.78 is 19.0. The van der Waals surface area contributed by atoms with E-state index in [4.69, 9.17) is 4.52 Å². The molecule has 0 atom stereocenters. The molecule has 0 unspecified atom stereocenters. The zero-order valence-electron chi connectivity index (χ0n) is 26.5. The predicted octanol–water partition coefficient (Wildman–Crippen LogP) is 7.43. The summed E-state index contributed by atoms with van der Waals surface area (Å²) in [4.78, 5) is 43.2. The van der Waals surface area contributed by atoms with Crippen molar-refractivity contribution in [3.8, 4) is 34.0 Å². The lowest BCUT2D eigenvalue weighted by atomic mass is 10.0. The molecule has 2 amide bonds. The summed E-state index contributed by atoms with van der Waals surface area (Å²) in [5, 5.41) is 16.4. The second-order valence-corrected chi connectivity index (χ2v) is 11.6. The maximum Gasteiger partial charge on any atom is 0.323 e. The molecule has 5 aromatic carbocycles. The van der Waals surface area contributed by atoms with Crippen LogP contribution in [-0.2, 0) is 22.6 Å². The highest BCUT2D eigenvalue weighted by Crippen LogP contribution is 2.26. The van der Waals surface area contributed by atoms with Gasteiger partial charge in [-0.1, -0.05) is 83.5 Å². The number of carbonyl (C=O) groups excluding carboxylic acids is 2. The summed E-state index contributed by atoms with van der Waals surface area (Å²) in [5.74, 6) is -1.63. The first-order chi connectivity index (χ1) is 23.7. The molecule has 0 aliphatic carbocycles. The first-order valence-corrected chi connectivity index (χ1v) is 15.5. The van der Waals surface area contributed by atoms with Crippen LogP contribution >= 0.6 is 0 Å². The maximum absolute atomic E-state index is 13.4. The van der Waals surface area contributed by atoms with Gasteiger partial charge in [-0.3, -0.25) is 14.4 Å². The van der Waals surface area contributed by atoms with Crippen LogP contribution in [0.15, 0.2) is 126 Å². The number of amides is 2. The zero-order valence-corrected chi connectivity index (χ0v) is 26.5. The number of halogens is 1. The Morgan fingerprint density at radius 2 is 1.41 bits per heavy atom.